The van der Waals surface area contributed by atoms with Crippen LogP contribution in [0.5, 0.6) is 0 Å². The molecule has 194 valence electrons. The van der Waals surface area contributed by atoms with Gasteiger partial charge in [-0.3, -0.25) is 19.3 Å². The van der Waals surface area contributed by atoms with E-state index in [4.69, 9.17) is 0 Å². The van der Waals surface area contributed by atoms with E-state index in [1.54, 1.807) is 36.4 Å². The molecule has 1 aromatic heterocycles. The van der Waals surface area contributed by atoms with Gasteiger partial charge in [0.1, 0.15) is 6.04 Å². The first-order valence-electron chi connectivity index (χ1n) is 12.4. The molecule has 2 aliphatic heterocycles. The molecule has 3 aromatic rings. The summed E-state index contributed by atoms with van der Waals surface area (Å²) in [6.45, 7) is 4.86. The first-order chi connectivity index (χ1) is 17.7. The van der Waals surface area contributed by atoms with Crippen LogP contribution in [0.15, 0.2) is 47.4 Å². The highest BCUT2D eigenvalue weighted by Crippen LogP contribution is 2.32. The lowest BCUT2D eigenvalue weighted by Crippen LogP contribution is -2.47. The number of imide groups is 1. The van der Waals surface area contributed by atoms with Gasteiger partial charge in [-0.15, -0.1) is 0 Å². The summed E-state index contributed by atoms with van der Waals surface area (Å²) in [5.74, 6) is -1.45. The number of anilines is 1. The van der Waals surface area contributed by atoms with Crippen molar-refractivity contribution in [2.45, 2.75) is 50.5 Å². The van der Waals surface area contributed by atoms with Gasteiger partial charge in [-0.2, -0.15) is 4.31 Å². The lowest BCUT2D eigenvalue weighted by atomic mass is 10.0. The first kappa shape index (κ1) is 25.5. The molecule has 0 bridgehead atoms. The molecule has 1 fully saturated rings. The molecule has 11 heteroatoms. The molecule has 9 nitrogen and oxygen atoms in total. The molecule has 1 saturated heterocycles. The lowest BCUT2D eigenvalue weighted by Gasteiger charge is -2.26. The molecule has 0 aliphatic carbocycles. The molecular formula is C26H28N4O5S2. The Morgan fingerprint density at radius 2 is 1.68 bits per heavy atom. The minimum absolute atomic E-state index is 0.0398. The van der Waals surface area contributed by atoms with Crippen molar-refractivity contribution in [2.24, 2.45) is 5.92 Å². The van der Waals surface area contributed by atoms with Crippen LogP contribution in [0.4, 0.5) is 5.13 Å². The van der Waals surface area contributed by atoms with E-state index in [0.29, 0.717) is 29.7 Å². The number of nitrogens with zero attached hydrogens (tertiary/aromatic N) is 3. The second kappa shape index (κ2) is 9.96. The van der Waals surface area contributed by atoms with Gasteiger partial charge in [0, 0.05) is 13.1 Å². The number of piperidine rings is 1. The maximum Gasteiger partial charge on any atom is 0.262 e. The molecule has 1 N–H and O–H groups in total. The summed E-state index contributed by atoms with van der Waals surface area (Å²) in [7, 11) is -3.60. The number of hydrogen-bond donors (Lipinski definition) is 1. The second-order valence-corrected chi connectivity index (χ2v) is 12.7. The van der Waals surface area contributed by atoms with Crippen LogP contribution in [0.3, 0.4) is 0 Å². The van der Waals surface area contributed by atoms with Gasteiger partial charge in [-0.05, 0) is 55.5 Å². The van der Waals surface area contributed by atoms with Crippen LogP contribution in [-0.2, 0) is 14.8 Å². The van der Waals surface area contributed by atoms with Crippen LogP contribution in [0.2, 0.25) is 0 Å². The zero-order valence-corrected chi connectivity index (χ0v) is 22.3. The quantitative estimate of drug-likeness (QED) is 0.451. The molecule has 2 aromatic carbocycles. The van der Waals surface area contributed by atoms with Crippen molar-refractivity contribution in [3.05, 3.63) is 53.6 Å². The fourth-order valence-corrected chi connectivity index (χ4v) is 7.36. The second-order valence-electron chi connectivity index (χ2n) is 9.77. The van der Waals surface area contributed by atoms with Crippen LogP contribution in [0.25, 0.3) is 10.2 Å². The molecule has 5 rings (SSSR count). The maximum atomic E-state index is 13.4. The largest absolute Gasteiger partial charge is 0.300 e. The molecule has 3 heterocycles. The Kier molecular flexibility index (Phi) is 6.86. The fraction of sp³-hybridized carbons (Fsp3) is 0.385. The van der Waals surface area contributed by atoms with Crippen molar-refractivity contribution < 1.29 is 22.8 Å². The molecule has 37 heavy (non-hydrogen) atoms. The highest BCUT2D eigenvalue weighted by atomic mass is 32.2. The topological polar surface area (TPSA) is 117 Å². The molecule has 3 amide bonds. The van der Waals surface area contributed by atoms with Gasteiger partial charge in [0.05, 0.1) is 26.2 Å². The third kappa shape index (κ3) is 4.78. The van der Waals surface area contributed by atoms with Crippen LogP contribution in [0, 0.1) is 5.92 Å². The van der Waals surface area contributed by atoms with Gasteiger partial charge in [0.2, 0.25) is 15.9 Å². The van der Waals surface area contributed by atoms with Gasteiger partial charge in [-0.25, -0.2) is 13.4 Å². The van der Waals surface area contributed by atoms with E-state index in [-0.39, 0.29) is 27.1 Å². The van der Waals surface area contributed by atoms with E-state index in [1.807, 2.05) is 13.8 Å². The van der Waals surface area contributed by atoms with Crippen LogP contribution in [0.1, 0.15) is 60.2 Å². The molecule has 2 aliphatic rings. The average molecular weight is 541 g/mol. The molecule has 0 radical (unpaired) electrons. The molecule has 0 saturated carbocycles. The van der Waals surface area contributed by atoms with Gasteiger partial charge >= 0.3 is 0 Å². The lowest BCUT2D eigenvalue weighted by molar-refractivity contribution is -0.120. The number of benzene rings is 2. The average Bonchev–Trinajstić information content (AvgIpc) is 3.40. The van der Waals surface area contributed by atoms with E-state index in [2.05, 4.69) is 10.3 Å². The molecule has 0 spiro atoms. The van der Waals surface area contributed by atoms with Gasteiger partial charge < -0.3 is 5.32 Å². The number of sulfonamides is 1. The summed E-state index contributed by atoms with van der Waals surface area (Å²) >= 11 is 1.16. The minimum Gasteiger partial charge on any atom is -0.300 e. The normalized spacial score (nSPS) is 17.4. The summed E-state index contributed by atoms with van der Waals surface area (Å²) in [6.07, 6.45) is 3.02. The number of amides is 3. The van der Waals surface area contributed by atoms with E-state index < -0.39 is 33.8 Å². The van der Waals surface area contributed by atoms with Crippen molar-refractivity contribution >= 4 is 54.4 Å². The number of aromatic nitrogens is 1. The number of hydrogen-bond acceptors (Lipinski definition) is 7. The highest BCUT2D eigenvalue weighted by Gasteiger charge is 2.43. The van der Waals surface area contributed by atoms with Gasteiger partial charge in [0.25, 0.3) is 11.8 Å². The number of fused-ring (bicyclic) bond motifs is 2. The van der Waals surface area contributed by atoms with E-state index in [9.17, 15) is 22.8 Å². The van der Waals surface area contributed by atoms with E-state index in [0.717, 1.165) is 35.5 Å². The molecule has 1 atom stereocenters. The van der Waals surface area contributed by atoms with Crippen LogP contribution >= 0.6 is 11.3 Å². The SMILES string of the molecule is CC(C)CC(C(=O)Nc1nc2ccc(S(=O)(=O)N3CCCCC3)cc2s1)N1C(=O)c2ccccc2C1=O. The number of nitrogens with one attached hydrogen (secondary N) is 1. The standard InChI is InChI=1S/C26H28N4O5S2/c1-16(2)14-21(30-24(32)18-8-4-5-9-19(18)25(30)33)23(31)28-26-27-20-11-10-17(15-22(20)36-26)37(34,35)29-12-6-3-7-13-29/h4-5,8-11,15-16,21H,3,6-7,12-14H2,1-2H3,(H,27,28,31). The number of carbonyl (C=O) groups is 3. The third-order valence-electron chi connectivity index (χ3n) is 6.68. The Morgan fingerprint density at radius 3 is 2.30 bits per heavy atom. The van der Waals surface area contributed by atoms with E-state index >= 15 is 0 Å². The van der Waals surface area contributed by atoms with E-state index in [1.165, 1.54) is 10.4 Å². The summed E-state index contributed by atoms with van der Waals surface area (Å²) in [4.78, 5) is 45.2. The predicted molar refractivity (Wildman–Crippen MR) is 141 cm³/mol. The predicted octanol–water partition coefficient (Wildman–Crippen LogP) is 4.12. The molecule has 1 unspecified atom stereocenters. The number of carbonyl (C=O) groups excluding carboxylic acids is 3. The Bertz CT molecular complexity index is 1460. The number of thiazole rings is 1. The molecular weight excluding hydrogens is 512 g/mol. The summed E-state index contributed by atoms with van der Waals surface area (Å²) in [6, 6.07) is 10.3. The highest BCUT2D eigenvalue weighted by molar-refractivity contribution is 7.89. The number of rotatable bonds is 7. The Balaban J connectivity index is 1.39. The Hall–Kier alpha value is -3.15. The Morgan fingerprint density at radius 1 is 1.03 bits per heavy atom. The monoisotopic (exact) mass is 540 g/mol. The first-order valence-corrected chi connectivity index (χ1v) is 14.6. The van der Waals surface area contributed by atoms with Gasteiger partial charge in [-0.1, -0.05) is 43.7 Å². The van der Waals surface area contributed by atoms with Crippen LogP contribution in [-0.4, -0.2) is 59.5 Å². The smallest absolute Gasteiger partial charge is 0.262 e. The zero-order valence-electron chi connectivity index (χ0n) is 20.6. The van der Waals surface area contributed by atoms with Crippen molar-refractivity contribution in [1.82, 2.24) is 14.2 Å². The van der Waals surface area contributed by atoms with Gasteiger partial charge in [0.15, 0.2) is 5.13 Å². The summed E-state index contributed by atoms with van der Waals surface area (Å²) in [5.41, 5.74) is 1.13. The fourth-order valence-electron chi connectivity index (χ4n) is 4.83. The van der Waals surface area contributed by atoms with Crippen molar-refractivity contribution in [3.8, 4) is 0 Å². The van der Waals surface area contributed by atoms with Crippen molar-refractivity contribution in [1.29, 1.82) is 0 Å². The van der Waals surface area contributed by atoms with Crippen molar-refractivity contribution in [3.63, 3.8) is 0 Å². The third-order valence-corrected chi connectivity index (χ3v) is 9.51. The maximum absolute atomic E-state index is 13.4. The summed E-state index contributed by atoms with van der Waals surface area (Å²) < 4.78 is 28.3. The van der Waals surface area contributed by atoms with Crippen LogP contribution < -0.4 is 5.32 Å². The minimum atomic E-state index is -3.60. The van der Waals surface area contributed by atoms with Crippen molar-refractivity contribution in [2.75, 3.05) is 18.4 Å². The zero-order chi connectivity index (χ0) is 26.3. The summed E-state index contributed by atoms with van der Waals surface area (Å²) in [5, 5.41) is 3.04. The Labute approximate surface area is 219 Å².